The summed E-state index contributed by atoms with van der Waals surface area (Å²) in [6, 6.07) is 5.25. The summed E-state index contributed by atoms with van der Waals surface area (Å²) in [4.78, 5) is 43.2. The average molecular weight is 512 g/mol. The van der Waals surface area contributed by atoms with Crippen molar-refractivity contribution in [2.24, 2.45) is 0 Å². The Labute approximate surface area is 211 Å². The number of rotatable bonds is 4. The number of aryl methyl sites for hydroxylation is 1. The Morgan fingerprint density at radius 1 is 1.28 bits per heavy atom. The van der Waals surface area contributed by atoms with Gasteiger partial charge in [0, 0.05) is 28.1 Å². The van der Waals surface area contributed by atoms with Crippen LogP contribution in [0.3, 0.4) is 0 Å². The van der Waals surface area contributed by atoms with Gasteiger partial charge in [-0.25, -0.2) is 9.78 Å². The monoisotopic (exact) mass is 511 g/mol. The molecule has 0 saturated heterocycles. The number of aromatic nitrogens is 2. The summed E-state index contributed by atoms with van der Waals surface area (Å²) >= 11 is 6.39. The molecule has 1 atom stereocenters. The molecule has 188 valence electrons. The molecule has 2 aliphatic heterocycles. The molecular weight excluding hydrogens is 486 g/mol. The van der Waals surface area contributed by atoms with E-state index in [-0.39, 0.29) is 42.8 Å². The van der Waals surface area contributed by atoms with Crippen LogP contribution in [0.4, 0.5) is 0 Å². The van der Waals surface area contributed by atoms with Crippen LogP contribution in [-0.2, 0) is 39.6 Å². The number of carbonyl (C=O) groups excluding carboxylic acids is 2. The third-order valence-corrected chi connectivity index (χ3v) is 7.47. The van der Waals surface area contributed by atoms with Crippen molar-refractivity contribution < 1.29 is 24.5 Å². The Morgan fingerprint density at radius 3 is 2.67 bits per heavy atom. The second kappa shape index (κ2) is 8.12. The number of hydrogen-bond acceptors (Lipinski definition) is 7. The lowest BCUT2D eigenvalue weighted by Crippen LogP contribution is -2.44. The van der Waals surface area contributed by atoms with Crippen LogP contribution in [0.5, 0.6) is 0 Å². The molecule has 9 nitrogen and oxygen atoms in total. The van der Waals surface area contributed by atoms with Gasteiger partial charge in [0.15, 0.2) is 5.60 Å². The Hall–Kier alpha value is -3.27. The van der Waals surface area contributed by atoms with Gasteiger partial charge in [-0.05, 0) is 56.5 Å². The molecule has 0 radical (unpaired) electrons. The minimum atomic E-state index is -1.92. The maximum atomic E-state index is 13.5. The van der Waals surface area contributed by atoms with E-state index in [4.69, 9.17) is 21.3 Å². The van der Waals surface area contributed by atoms with Gasteiger partial charge in [0.1, 0.15) is 12.2 Å². The molecule has 5 rings (SSSR count). The molecule has 0 unspecified atom stereocenters. The SMILES string of the molecule is CC[C@@]1(O)C(=O)OCc2c1cc1n(c2=O)Cc2c-1nc1cc(Cl)c(C)cc1c2CNC(=O)C(C)(C)O. The van der Waals surface area contributed by atoms with Crippen molar-refractivity contribution in [3.63, 3.8) is 0 Å². The molecule has 0 aliphatic carbocycles. The quantitative estimate of drug-likeness (QED) is 0.359. The maximum Gasteiger partial charge on any atom is 0.343 e. The Morgan fingerprint density at radius 2 is 2.00 bits per heavy atom. The van der Waals surface area contributed by atoms with Gasteiger partial charge in [0.2, 0.25) is 0 Å². The largest absolute Gasteiger partial charge is 0.458 e. The fourth-order valence-electron chi connectivity index (χ4n) is 4.88. The topological polar surface area (TPSA) is 131 Å². The number of amides is 1. The molecular formula is C26H26ClN3O6. The van der Waals surface area contributed by atoms with E-state index in [0.29, 0.717) is 21.9 Å². The fourth-order valence-corrected chi connectivity index (χ4v) is 5.04. The standard InChI is InChI=1S/C26H26ClN3O6/c1-5-26(35)17-7-20-21-15(10-30(20)22(31)16(17)11-36-24(26)33)14(9-28-23(32)25(3,4)34)13-6-12(2)18(27)8-19(13)29-21/h6-8,34-35H,5,9-11H2,1-4H3,(H,28,32)/t26-/m0/s1. The number of carbonyl (C=O) groups is 2. The van der Waals surface area contributed by atoms with Crippen molar-refractivity contribution in [1.29, 1.82) is 0 Å². The summed E-state index contributed by atoms with van der Waals surface area (Å²) in [7, 11) is 0. The Balaban J connectivity index is 1.75. The predicted molar refractivity (Wildman–Crippen MR) is 132 cm³/mol. The van der Waals surface area contributed by atoms with Crippen molar-refractivity contribution in [1.82, 2.24) is 14.9 Å². The normalized spacial score (nSPS) is 18.5. The van der Waals surface area contributed by atoms with Gasteiger partial charge < -0.3 is 24.8 Å². The van der Waals surface area contributed by atoms with Crippen LogP contribution in [0.15, 0.2) is 23.0 Å². The molecule has 4 heterocycles. The zero-order valence-corrected chi connectivity index (χ0v) is 21.1. The minimum Gasteiger partial charge on any atom is -0.458 e. The van der Waals surface area contributed by atoms with E-state index in [1.54, 1.807) is 23.6 Å². The summed E-state index contributed by atoms with van der Waals surface area (Å²) in [5.41, 5.74) is 0.433. The first-order valence-electron chi connectivity index (χ1n) is 11.7. The molecule has 10 heteroatoms. The highest BCUT2D eigenvalue weighted by atomic mass is 35.5. The van der Waals surface area contributed by atoms with Gasteiger partial charge in [-0.3, -0.25) is 9.59 Å². The molecule has 0 spiro atoms. The number of nitrogens with one attached hydrogen (secondary N) is 1. The molecule has 2 aromatic heterocycles. The smallest absolute Gasteiger partial charge is 0.343 e. The van der Waals surface area contributed by atoms with E-state index < -0.39 is 23.1 Å². The Bertz CT molecular complexity index is 1540. The van der Waals surface area contributed by atoms with Gasteiger partial charge >= 0.3 is 5.97 Å². The molecule has 0 fully saturated rings. The van der Waals surface area contributed by atoms with Crippen molar-refractivity contribution in [2.45, 2.75) is 65.0 Å². The first kappa shape index (κ1) is 24.4. The van der Waals surface area contributed by atoms with Crippen LogP contribution < -0.4 is 10.9 Å². The molecule has 36 heavy (non-hydrogen) atoms. The number of halogens is 1. The van der Waals surface area contributed by atoms with Crippen LogP contribution in [0.25, 0.3) is 22.3 Å². The van der Waals surface area contributed by atoms with Crippen molar-refractivity contribution in [2.75, 3.05) is 0 Å². The molecule has 1 amide bonds. The van der Waals surface area contributed by atoms with Crippen molar-refractivity contribution in [3.8, 4) is 11.4 Å². The second-order valence-electron chi connectivity index (χ2n) is 9.88. The summed E-state index contributed by atoms with van der Waals surface area (Å²) in [5.74, 6) is -1.33. The van der Waals surface area contributed by atoms with Crippen LogP contribution in [0, 0.1) is 6.92 Å². The third kappa shape index (κ3) is 3.53. The Kier molecular flexibility index (Phi) is 5.51. The number of cyclic esters (lactones) is 1. The van der Waals surface area contributed by atoms with E-state index in [0.717, 1.165) is 22.1 Å². The summed E-state index contributed by atoms with van der Waals surface area (Å²) in [6.45, 7) is 6.38. The summed E-state index contributed by atoms with van der Waals surface area (Å²) in [5, 5.41) is 25.2. The van der Waals surface area contributed by atoms with E-state index in [9.17, 15) is 24.6 Å². The molecule has 3 aromatic rings. The predicted octanol–water partition coefficient (Wildman–Crippen LogP) is 2.43. The number of ether oxygens (including phenoxy) is 1. The average Bonchev–Trinajstić information content (AvgIpc) is 3.18. The third-order valence-electron chi connectivity index (χ3n) is 7.07. The van der Waals surface area contributed by atoms with Crippen LogP contribution in [0.1, 0.15) is 55.0 Å². The number of benzene rings is 1. The van der Waals surface area contributed by atoms with Crippen LogP contribution in [-0.4, -0.2) is 37.2 Å². The van der Waals surface area contributed by atoms with Crippen molar-refractivity contribution >= 4 is 34.4 Å². The van der Waals surface area contributed by atoms with Gasteiger partial charge in [-0.2, -0.15) is 0 Å². The minimum absolute atomic E-state index is 0.0445. The number of esters is 1. The zero-order valence-electron chi connectivity index (χ0n) is 20.4. The highest BCUT2D eigenvalue weighted by Gasteiger charge is 2.45. The highest BCUT2D eigenvalue weighted by Crippen LogP contribution is 2.40. The van der Waals surface area contributed by atoms with Gasteiger partial charge in [-0.1, -0.05) is 18.5 Å². The maximum absolute atomic E-state index is 13.5. The van der Waals surface area contributed by atoms with Crippen LogP contribution >= 0.6 is 11.6 Å². The van der Waals surface area contributed by atoms with E-state index in [2.05, 4.69) is 5.32 Å². The molecule has 0 bridgehead atoms. The summed E-state index contributed by atoms with van der Waals surface area (Å²) < 4.78 is 6.68. The van der Waals surface area contributed by atoms with E-state index in [1.165, 1.54) is 13.8 Å². The lowest BCUT2D eigenvalue weighted by atomic mass is 9.86. The lowest BCUT2D eigenvalue weighted by molar-refractivity contribution is -0.172. The van der Waals surface area contributed by atoms with Crippen LogP contribution in [0.2, 0.25) is 5.02 Å². The number of hydrogen-bond donors (Lipinski definition) is 3. The highest BCUT2D eigenvalue weighted by molar-refractivity contribution is 6.32. The number of aliphatic hydroxyl groups is 2. The van der Waals surface area contributed by atoms with E-state index in [1.807, 2.05) is 13.0 Å². The first-order chi connectivity index (χ1) is 16.9. The van der Waals surface area contributed by atoms with Crippen molar-refractivity contribution in [3.05, 3.63) is 61.4 Å². The van der Waals surface area contributed by atoms with Gasteiger partial charge in [0.05, 0.1) is 29.0 Å². The van der Waals surface area contributed by atoms with Gasteiger partial charge in [-0.15, -0.1) is 0 Å². The zero-order chi connectivity index (χ0) is 26.2. The molecule has 0 saturated carbocycles. The number of pyridine rings is 2. The fraction of sp³-hybridized carbons (Fsp3) is 0.385. The number of nitrogens with zero attached hydrogens (tertiary/aromatic N) is 2. The second-order valence-corrected chi connectivity index (χ2v) is 10.3. The summed E-state index contributed by atoms with van der Waals surface area (Å²) in [6.07, 6.45) is 0.0445. The van der Waals surface area contributed by atoms with E-state index >= 15 is 0 Å². The molecule has 1 aromatic carbocycles. The lowest BCUT2D eigenvalue weighted by Gasteiger charge is -2.31. The van der Waals surface area contributed by atoms with Gasteiger partial charge in [0.25, 0.3) is 11.5 Å². The first-order valence-corrected chi connectivity index (χ1v) is 12.0. The molecule has 3 N–H and O–H groups in total. The number of fused-ring (bicyclic) bond motifs is 5. The molecule has 2 aliphatic rings.